The number of carbonyl (C=O) groups excluding carboxylic acids is 1. The first-order valence-corrected chi connectivity index (χ1v) is 5.25. The van der Waals surface area contributed by atoms with Crippen LogP contribution in [0.3, 0.4) is 0 Å². The Morgan fingerprint density at radius 3 is 1.94 bits per heavy atom. The highest BCUT2D eigenvalue weighted by Gasteiger charge is 2.55. The maximum Gasteiger partial charge on any atom is 0.270 e. The zero-order chi connectivity index (χ0) is 10.4. The van der Waals surface area contributed by atoms with E-state index < -0.39 is 0 Å². The van der Waals surface area contributed by atoms with Crippen molar-refractivity contribution in [1.82, 2.24) is 0 Å². The molecule has 0 radical (unpaired) electrons. The smallest absolute Gasteiger partial charge is 0.270 e. The fourth-order valence-electron chi connectivity index (χ4n) is 3.20. The minimum atomic E-state index is -0.257. The Bertz CT molecular complexity index is 328. The summed E-state index contributed by atoms with van der Waals surface area (Å²) in [6.07, 6.45) is 4.31. The summed E-state index contributed by atoms with van der Waals surface area (Å²) in [4.78, 5) is 15.5. The Kier molecular flexibility index (Phi) is 4.75. The van der Waals surface area contributed by atoms with Crippen molar-refractivity contribution in [3.05, 3.63) is 5.53 Å². The van der Waals surface area contributed by atoms with E-state index in [1.165, 1.54) is 0 Å². The van der Waals surface area contributed by atoms with Gasteiger partial charge in [-0.25, -0.2) is 0 Å². The molecule has 0 amide bonds. The quantitative estimate of drug-likeness (QED) is 0.490. The molecule has 3 nitrogen and oxygen atoms in total. The fourth-order valence-corrected chi connectivity index (χ4v) is 3.20. The van der Waals surface area contributed by atoms with E-state index in [4.69, 9.17) is 5.53 Å². The van der Waals surface area contributed by atoms with Gasteiger partial charge >= 0.3 is 0 Å². The molecule has 0 N–H and O–H groups in total. The Labute approximate surface area is 108 Å². The highest BCUT2D eigenvalue weighted by molar-refractivity contribution is 6.01. The zero-order valence-corrected chi connectivity index (χ0v) is 11.3. The van der Waals surface area contributed by atoms with Gasteiger partial charge < -0.3 is 5.53 Å². The standard InChI is InChI=1S/C11H16N2O.2ClH/c1-10-4-3-5-11(2,9(10)14)7-8(6-10)13-12;;/h3-7H2,1-2H3;2*1H. The summed E-state index contributed by atoms with van der Waals surface area (Å²) in [5.41, 5.74) is 9.12. The van der Waals surface area contributed by atoms with Crippen LogP contribution < -0.4 is 0 Å². The lowest BCUT2D eigenvalue weighted by Crippen LogP contribution is -2.51. The lowest BCUT2D eigenvalue weighted by atomic mass is 9.55. The molecule has 0 aliphatic heterocycles. The number of hydrogen-bond acceptors (Lipinski definition) is 1. The molecule has 2 aliphatic rings. The maximum absolute atomic E-state index is 12.2. The molecular weight excluding hydrogens is 247 g/mol. The van der Waals surface area contributed by atoms with Gasteiger partial charge in [-0.15, -0.1) is 24.8 Å². The second-order valence-corrected chi connectivity index (χ2v) is 5.32. The molecule has 0 aromatic rings. The lowest BCUT2D eigenvalue weighted by molar-refractivity contribution is -0.145. The Hall–Kier alpha value is -0.370. The Balaban J connectivity index is 0.00000112. The molecule has 2 atom stereocenters. The number of nitrogens with zero attached hydrogens (tertiary/aromatic N) is 2. The van der Waals surface area contributed by atoms with Crippen LogP contribution in [0.1, 0.15) is 46.0 Å². The van der Waals surface area contributed by atoms with E-state index in [0.717, 1.165) is 25.0 Å². The highest BCUT2D eigenvalue weighted by atomic mass is 35.5. The minimum Gasteiger partial charge on any atom is -0.362 e. The molecule has 2 saturated carbocycles. The molecule has 0 saturated heterocycles. The van der Waals surface area contributed by atoms with Crippen molar-refractivity contribution in [2.24, 2.45) is 10.8 Å². The van der Waals surface area contributed by atoms with Gasteiger partial charge in [0.15, 0.2) is 0 Å². The van der Waals surface area contributed by atoms with Gasteiger partial charge in [0.1, 0.15) is 5.78 Å². The van der Waals surface area contributed by atoms with Gasteiger partial charge in [0, 0.05) is 10.8 Å². The average molecular weight is 265 g/mol. The molecule has 2 bridgehead atoms. The van der Waals surface area contributed by atoms with Gasteiger partial charge in [-0.1, -0.05) is 20.3 Å². The van der Waals surface area contributed by atoms with Crippen LogP contribution in [0.5, 0.6) is 0 Å². The van der Waals surface area contributed by atoms with Crippen LogP contribution >= 0.6 is 24.8 Å². The van der Waals surface area contributed by atoms with E-state index in [1.807, 2.05) is 13.8 Å². The summed E-state index contributed by atoms with van der Waals surface area (Å²) < 4.78 is 0. The van der Waals surface area contributed by atoms with E-state index in [0.29, 0.717) is 18.6 Å². The predicted molar refractivity (Wildman–Crippen MR) is 67.4 cm³/mol. The number of fused-ring (bicyclic) bond motifs is 2. The maximum atomic E-state index is 12.2. The van der Waals surface area contributed by atoms with E-state index in [2.05, 4.69) is 4.79 Å². The van der Waals surface area contributed by atoms with Crippen molar-refractivity contribution >= 4 is 36.3 Å². The molecule has 5 heteroatoms. The average Bonchev–Trinajstić information content (AvgIpc) is 2.11. The van der Waals surface area contributed by atoms with Crippen LogP contribution in [0.4, 0.5) is 0 Å². The fraction of sp³-hybridized carbons (Fsp3) is 0.818. The van der Waals surface area contributed by atoms with Crippen LogP contribution in [-0.4, -0.2) is 16.3 Å². The number of carbonyl (C=O) groups is 1. The summed E-state index contributed by atoms with van der Waals surface area (Å²) in [5.74, 6) is 0.378. The van der Waals surface area contributed by atoms with Crippen LogP contribution in [0, 0.1) is 10.8 Å². The molecule has 0 spiro atoms. The second kappa shape index (κ2) is 4.87. The molecule has 2 rings (SSSR count). The number of halogens is 2. The first kappa shape index (κ1) is 15.6. The summed E-state index contributed by atoms with van der Waals surface area (Å²) in [5, 5.41) is 0. The SMILES string of the molecule is CC12CCCC(C)(CC(=[N+]=[N-])C1)C2=O.Cl.Cl. The monoisotopic (exact) mass is 264 g/mol. The first-order valence-electron chi connectivity index (χ1n) is 5.25. The van der Waals surface area contributed by atoms with Crippen molar-refractivity contribution in [2.45, 2.75) is 46.0 Å². The second-order valence-electron chi connectivity index (χ2n) is 5.32. The van der Waals surface area contributed by atoms with Crippen molar-refractivity contribution in [1.29, 1.82) is 0 Å². The minimum absolute atomic E-state index is 0. The van der Waals surface area contributed by atoms with Gasteiger partial charge in [-0.05, 0) is 12.8 Å². The molecule has 2 unspecified atom stereocenters. The van der Waals surface area contributed by atoms with Gasteiger partial charge in [0.2, 0.25) is 0 Å². The van der Waals surface area contributed by atoms with Gasteiger partial charge in [-0.2, -0.15) is 4.79 Å². The van der Waals surface area contributed by atoms with Crippen LogP contribution in [0.2, 0.25) is 0 Å². The molecule has 2 fully saturated rings. The third-order valence-electron chi connectivity index (χ3n) is 3.88. The number of Topliss-reactive ketones (excluding diaryl/α,β-unsaturated/α-hetero) is 1. The van der Waals surface area contributed by atoms with Crippen molar-refractivity contribution in [3.8, 4) is 0 Å². The molecule has 92 valence electrons. The molecule has 0 aromatic heterocycles. The molecule has 0 aromatic carbocycles. The summed E-state index contributed by atoms with van der Waals surface area (Å²) in [7, 11) is 0. The normalized spacial score (nSPS) is 36.9. The molecular formula is C11H18Cl2N2O. The number of ketones is 1. The van der Waals surface area contributed by atoms with E-state index in [1.54, 1.807) is 0 Å². The summed E-state index contributed by atoms with van der Waals surface area (Å²) in [6, 6.07) is 0. The summed E-state index contributed by atoms with van der Waals surface area (Å²) >= 11 is 0. The molecule has 0 heterocycles. The topological polar surface area (TPSA) is 53.5 Å². The molecule has 2 aliphatic carbocycles. The lowest BCUT2D eigenvalue weighted by Gasteiger charge is -2.45. The van der Waals surface area contributed by atoms with Crippen LogP contribution in [0.15, 0.2) is 0 Å². The zero-order valence-electron chi connectivity index (χ0n) is 9.65. The largest absolute Gasteiger partial charge is 0.362 e. The van der Waals surface area contributed by atoms with Gasteiger partial charge in [0.05, 0.1) is 12.8 Å². The Morgan fingerprint density at radius 1 is 1.12 bits per heavy atom. The number of rotatable bonds is 0. The third-order valence-corrected chi connectivity index (χ3v) is 3.88. The van der Waals surface area contributed by atoms with E-state index >= 15 is 0 Å². The summed E-state index contributed by atoms with van der Waals surface area (Å²) in [6.45, 7) is 4.02. The van der Waals surface area contributed by atoms with Gasteiger partial charge in [-0.3, -0.25) is 4.79 Å². The van der Waals surface area contributed by atoms with E-state index in [9.17, 15) is 4.79 Å². The van der Waals surface area contributed by atoms with E-state index in [-0.39, 0.29) is 35.6 Å². The Morgan fingerprint density at radius 2 is 1.56 bits per heavy atom. The van der Waals surface area contributed by atoms with Crippen molar-refractivity contribution in [3.63, 3.8) is 0 Å². The molecule has 16 heavy (non-hydrogen) atoms. The van der Waals surface area contributed by atoms with Crippen molar-refractivity contribution < 1.29 is 9.58 Å². The highest BCUT2D eigenvalue weighted by Crippen LogP contribution is 2.50. The van der Waals surface area contributed by atoms with Crippen LogP contribution in [0.25, 0.3) is 5.53 Å². The number of hydrogen-bond donors (Lipinski definition) is 0. The van der Waals surface area contributed by atoms with Crippen LogP contribution in [-0.2, 0) is 4.79 Å². The van der Waals surface area contributed by atoms with Gasteiger partial charge in [0.25, 0.3) is 5.71 Å². The first-order chi connectivity index (χ1) is 6.50. The predicted octanol–water partition coefficient (Wildman–Crippen LogP) is 3.06. The third kappa shape index (κ3) is 2.17. The van der Waals surface area contributed by atoms with Crippen molar-refractivity contribution in [2.75, 3.05) is 0 Å².